The molecule has 3 rings (SSSR count). The Morgan fingerprint density at radius 2 is 2.04 bits per heavy atom. The highest BCUT2D eigenvalue weighted by atomic mass is 16.1. The number of aromatic nitrogens is 2. The fourth-order valence-corrected chi connectivity index (χ4v) is 2.72. The molecule has 6 heteroatoms. The van der Waals surface area contributed by atoms with Gasteiger partial charge in [0.25, 0.3) is 5.56 Å². The highest BCUT2D eigenvalue weighted by Gasteiger charge is 2.16. The maximum atomic E-state index is 11.9. The van der Waals surface area contributed by atoms with Crippen molar-refractivity contribution in [1.29, 1.82) is 0 Å². The van der Waals surface area contributed by atoms with E-state index in [9.17, 15) is 4.79 Å². The first-order valence-electron chi connectivity index (χ1n) is 7.86. The van der Waals surface area contributed by atoms with E-state index in [4.69, 9.17) is 5.73 Å². The summed E-state index contributed by atoms with van der Waals surface area (Å²) in [6.07, 6.45) is 2.58. The van der Waals surface area contributed by atoms with Gasteiger partial charge in [0, 0.05) is 11.3 Å². The van der Waals surface area contributed by atoms with Gasteiger partial charge in [0.1, 0.15) is 0 Å². The Morgan fingerprint density at radius 1 is 1.30 bits per heavy atom. The highest BCUT2D eigenvalue weighted by Crippen LogP contribution is 2.18. The van der Waals surface area contributed by atoms with Gasteiger partial charge in [-0.3, -0.25) is 9.78 Å². The summed E-state index contributed by atoms with van der Waals surface area (Å²) in [4.78, 5) is 23.2. The zero-order valence-electron chi connectivity index (χ0n) is 13.4. The summed E-state index contributed by atoms with van der Waals surface area (Å²) in [6.45, 7) is 4.29. The van der Waals surface area contributed by atoms with Gasteiger partial charge in [-0.25, -0.2) is 4.98 Å². The largest absolute Gasteiger partial charge is 0.369 e. The molecule has 1 heterocycles. The standard InChI is InChI=1S/C17H21N5O/c1-10(2)11-6-8-12(9-7-11)19-16(18)22-17-20-14-5-3-4-13(14)15(23)21-17/h6-10H,3-5H2,1-2H3,(H4,18,19,20,21,22,23). The van der Waals surface area contributed by atoms with E-state index in [-0.39, 0.29) is 17.5 Å². The minimum atomic E-state index is -0.111. The van der Waals surface area contributed by atoms with Crippen LogP contribution in [0.15, 0.2) is 34.1 Å². The molecule has 6 nitrogen and oxygen atoms in total. The fourth-order valence-electron chi connectivity index (χ4n) is 2.72. The maximum Gasteiger partial charge on any atom is 0.255 e. The summed E-state index contributed by atoms with van der Waals surface area (Å²) in [6, 6.07) is 8.01. The first kappa shape index (κ1) is 15.3. The van der Waals surface area contributed by atoms with Crippen molar-refractivity contribution in [3.05, 3.63) is 51.4 Å². The summed E-state index contributed by atoms with van der Waals surface area (Å²) < 4.78 is 0. The molecule has 0 saturated heterocycles. The van der Waals surface area contributed by atoms with Crippen molar-refractivity contribution in [2.24, 2.45) is 10.7 Å². The lowest BCUT2D eigenvalue weighted by atomic mass is 10.0. The average molecular weight is 311 g/mol. The van der Waals surface area contributed by atoms with E-state index in [2.05, 4.69) is 46.3 Å². The summed E-state index contributed by atoms with van der Waals surface area (Å²) in [7, 11) is 0. The Morgan fingerprint density at radius 3 is 2.74 bits per heavy atom. The number of nitrogens with zero attached hydrogens (tertiary/aromatic N) is 2. The lowest BCUT2D eigenvalue weighted by Crippen LogP contribution is -2.23. The van der Waals surface area contributed by atoms with Crippen LogP contribution in [0.1, 0.15) is 43.0 Å². The van der Waals surface area contributed by atoms with Crippen molar-refractivity contribution in [1.82, 2.24) is 9.97 Å². The Hall–Kier alpha value is -2.63. The van der Waals surface area contributed by atoms with Crippen LogP contribution in [0, 0.1) is 0 Å². The van der Waals surface area contributed by atoms with Crippen molar-refractivity contribution in [2.75, 3.05) is 5.32 Å². The van der Waals surface area contributed by atoms with Gasteiger partial charge in [0.15, 0.2) is 0 Å². The predicted molar refractivity (Wildman–Crippen MR) is 92.3 cm³/mol. The summed E-state index contributed by atoms with van der Waals surface area (Å²) in [5, 5.41) is 3.01. The zero-order chi connectivity index (χ0) is 16.4. The number of aromatic amines is 1. The molecule has 0 fully saturated rings. The quantitative estimate of drug-likeness (QED) is 0.599. The molecule has 1 aliphatic carbocycles. The van der Waals surface area contributed by atoms with Gasteiger partial charge >= 0.3 is 0 Å². The van der Waals surface area contributed by atoms with E-state index in [1.807, 2.05) is 12.1 Å². The van der Waals surface area contributed by atoms with E-state index in [1.54, 1.807) is 0 Å². The molecule has 0 radical (unpaired) electrons. The van der Waals surface area contributed by atoms with E-state index in [0.717, 1.165) is 36.2 Å². The molecule has 0 spiro atoms. The number of aliphatic imine (C=N–C) groups is 1. The maximum absolute atomic E-state index is 11.9. The second-order valence-electron chi connectivity index (χ2n) is 6.07. The molecule has 1 aromatic carbocycles. The SMILES string of the molecule is CC(C)c1ccc(NC(N)=Nc2nc3c(c(=O)[nH]2)CCC3)cc1. The number of rotatable bonds is 3. The van der Waals surface area contributed by atoms with Crippen LogP contribution in [0.5, 0.6) is 0 Å². The molecule has 2 aromatic rings. The van der Waals surface area contributed by atoms with Gasteiger partial charge in [0.2, 0.25) is 11.9 Å². The molecule has 0 unspecified atom stereocenters. The lowest BCUT2D eigenvalue weighted by Gasteiger charge is -2.08. The molecule has 0 amide bonds. The molecule has 0 atom stereocenters. The van der Waals surface area contributed by atoms with Crippen molar-refractivity contribution < 1.29 is 0 Å². The third kappa shape index (κ3) is 3.41. The number of aryl methyl sites for hydroxylation is 1. The average Bonchev–Trinajstić information content (AvgIpc) is 2.96. The van der Waals surface area contributed by atoms with Crippen LogP contribution in [0.3, 0.4) is 0 Å². The Labute approximate surface area is 134 Å². The Bertz CT molecular complexity index is 790. The van der Waals surface area contributed by atoms with E-state index >= 15 is 0 Å². The van der Waals surface area contributed by atoms with Crippen LogP contribution in [0.25, 0.3) is 0 Å². The highest BCUT2D eigenvalue weighted by molar-refractivity contribution is 5.93. The van der Waals surface area contributed by atoms with Crippen LogP contribution < -0.4 is 16.6 Å². The lowest BCUT2D eigenvalue weighted by molar-refractivity contribution is 0.867. The van der Waals surface area contributed by atoms with Gasteiger partial charge in [0.05, 0.1) is 5.69 Å². The zero-order valence-corrected chi connectivity index (χ0v) is 13.4. The summed E-state index contributed by atoms with van der Waals surface area (Å²) in [5.41, 5.74) is 9.52. The molecule has 1 aromatic heterocycles. The van der Waals surface area contributed by atoms with Crippen LogP contribution in [-0.2, 0) is 12.8 Å². The number of fused-ring (bicyclic) bond motifs is 1. The molecule has 120 valence electrons. The number of benzene rings is 1. The second kappa shape index (κ2) is 6.24. The number of guanidine groups is 1. The van der Waals surface area contributed by atoms with Gasteiger partial charge < -0.3 is 11.1 Å². The molecular formula is C17H21N5O. The van der Waals surface area contributed by atoms with Gasteiger partial charge in [-0.15, -0.1) is 0 Å². The van der Waals surface area contributed by atoms with Crippen molar-refractivity contribution in [3.8, 4) is 0 Å². The first-order valence-corrected chi connectivity index (χ1v) is 7.86. The monoisotopic (exact) mass is 311 g/mol. The van der Waals surface area contributed by atoms with Gasteiger partial charge in [-0.1, -0.05) is 26.0 Å². The number of H-pyrrole nitrogens is 1. The van der Waals surface area contributed by atoms with E-state index in [1.165, 1.54) is 5.56 Å². The first-order chi connectivity index (χ1) is 11.0. The summed E-state index contributed by atoms with van der Waals surface area (Å²) >= 11 is 0. The molecule has 0 saturated carbocycles. The van der Waals surface area contributed by atoms with Crippen molar-refractivity contribution in [2.45, 2.75) is 39.0 Å². The molecule has 23 heavy (non-hydrogen) atoms. The normalized spacial score (nSPS) is 14.1. The number of hydrogen-bond acceptors (Lipinski definition) is 3. The van der Waals surface area contributed by atoms with E-state index in [0.29, 0.717) is 5.92 Å². The molecular weight excluding hydrogens is 290 g/mol. The smallest absolute Gasteiger partial charge is 0.255 e. The summed E-state index contributed by atoms with van der Waals surface area (Å²) in [5.74, 6) is 0.929. The number of nitrogens with two attached hydrogens (primary N) is 1. The third-order valence-corrected chi connectivity index (χ3v) is 4.01. The van der Waals surface area contributed by atoms with Crippen LogP contribution in [-0.4, -0.2) is 15.9 Å². The molecule has 0 bridgehead atoms. The van der Waals surface area contributed by atoms with Gasteiger partial charge in [-0.2, -0.15) is 4.99 Å². The minimum Gasteiger partial charge on any atom is -0.369 e. The minimum absolute atomic E-state index is 0.111. The molecule has 1 aliphatic rings. The van der Waals surface area contributed by atoms with Gasteiger partial charge in [-0.05, 0) is 42.9 Å². The molecule has 4 N–H and O–H groups in total. The van der Waals surface area contributed by atoms with Crippen LogP contribution in [0.2, 0.25) is 0 Å². The predicted octanol–water partition coefficient (Wildman–Crippen LogP) is 2.44. The number of nitrogens with one attached hydrogen (secondary N) is 2. The third-order valence-electron chi connectivity index (χ3n) is 4.01. The molecule has 0 aliphatic heterocycles. The Kier molecular flexibility index (Phi) is 4.14. The van der Waals surface area contributed by atoms with E-state index < -0.39 is 0 Å². The van der Waals surface area contributed by atoms with Crippen LogP contribution in [0.4, 0.5) is 11.6 Å². The fraction of sp³-hybridized carbons (Fsp3) is 0.353. The van der Waals surface area contributed by atoms with Crippen LogP contribution >= 0.6 is 0 Å². The van der Waals surface area contributed by atoms with Crippen molar-refractivity contribution >= 4 is 17.6 Å². The Balaban J connectivity index is 1.77. The topological polar surface area (TPSA) is 96.2 Å². The number of anilines is 1. The van der Waals surface area contributed by atoms with Crippen molar-refractivity contribution in [3.63, 3.8) is 0 Å². The second-order valence-corrected chi connectivity index (χ2v) is 6.07. The number of hydrogen-bond donors (Lipinski definition) is 3.